The van der Waals surface area contributed by atoms with Gasteiger partial charge in [-0.1, -0.05) is 29.3 Å². The summed E-state index contributed by atoms with van der Waals surface area (Å²) in [4.78, 5) is 20.1. The SMILES string of the molecule is O=C(Nc1cccc(Cl)c1Cl)c1cnc(Nc2ccc(F)cc2F)nc1. The van der Waals surface area contributed by atoms with E-state index >= 15 is 0 Å². The first-order valence-corrected chi connectivity index (χ1v) is 7.99. The van der Waals surface area contributed by atoms with Gasteiger partial charge in [0.15, 0.2) is 0 Å². The van der Waals surface area contributed by atoms with Crippen LogP contribution in [0.3, 0.4) is 0 Å². The van der Waals surface area contributed by atoms with Crippen LogP contribution < -0.4 is 10.6 Å². The van der Waals surface area contributed by atoms with E-state index in [0.717, 1.165) is 12.1 Å². The van der Waals surface area contributed by atoms with Crippen molar-refractivity contribution in [2.75, 3.05) is 10.6 Å². The normalized spacial score (nSPS) is 10.5. The van der Waals surface area contributed by atoms with E-state index in [0.29, 0.717) is 10.7 Å². The number of hydrogen-bond donors (Lipinski definition) is 2. The van der Waals surface area contributed by atoms with Gasteiger partial charge in [-0.25, -0.2) is 18.7 Å². The summed E-state index contributed by atoms with van der Waals surface area (Å²) in [5.74, 6) is -1.92. The van der Waals surface area contributed by atoms with Crippen LogP contribution in [0.2, 0.25) is 10.0 Å². The second-order valence-electron chi connectivity index (χ2n) is 5.10. The number of nitrogens with one attached hydrogen (secondary N) is 2. The molecule has 3 aromatic rings. The van der Waals surface area contributed by atoms with Crippen LogP contribution in [-0.4, -0.2) is 15.9 Å². The third kappa shape index (κ3) is 4.07. The second kappa shape index (κ2) is 7.63. The van der Waals surface area contributed by atoms with Gasteiger partial charge >= 0.3 is 0 Å². The van der Waals surface area contributed by atoms with Crippen molar-refractivity contribution in [3.63, 3.8) is 0 Å². The summed E-state index contributed by atoms with van der Waals surface area (Å²) in [7, 11) is 0. The van der Waals surface area contributed by atoms with Gasteiger partial charge in [0.1, 0.15) is 11.6 Å². The van der Waals surface area contributed by atoms with E-state index in [1.807, 2.05) is 0 Å². The van der Waals surface area contributed by atoms with Crippen LogP contribution in [0.4, 0.5) is 26.1 Å². The Kier molecular flexibility index (Phi) is 5.29. The number of anilines is 3. The van der Waals surface area contributed by atoms with E-state index in [2.05, 4.69) is 20.6 Å². The molecule has 132 valence electrons. The fourth-order valence-electron chi connectivity index (χ4n) is 2.02. The highest BCUT2D eigenvalue weighted by Gasteiger charge is 2.12. The van der Waals surface area contributed by atoms with Crippen LogP contribution in [0.5, 0.6) is 0 Å². The topological polar surface area (TPSA) is 66.9 Å². The highest BCUT2D eigenvalue weighted by molar-refractivity contribution is 6.44. The van der Waals surface area contributed by atoms with Crippen LogP contribution in [0.15, 0.2) is 48.8 Å². The predicted molar refractivity (Wildman–Crippen MR) is 96.1 cm³/mol. The minimum atomic E-state index is -0.786. The summed E-state index contributed by atoms with van der Waals surface area (Å²) in [6.45, 7) is 0. The van der Waals surface area contributed by atoms with E-state index in [9.17, 15) is 13.6 Å². The van der Waals surface area contributed by atoms with Gasteiger partial charge in [-0.3, -0.25) is 4.79 Å². The molecule has 1 amide bonds. The van der Waals surface area contributed by atoms with Gasteiger partial charge in [-0.15, -0.1) is 0 Å². The molecule has 0 bridgehead atoms. The molecule has 0 aliphatic carbocycles. The number of aromatic nitrogens is 2. The van der Waals surface area contributed by atoms with Gasteiger partial charge in [0, 0.05) is 18.5 Å². The van der Waals surface area contributed by atoms with E-state index in [-0.39, 0.29) is 22.2 Å². The number of amides is 1. The van der Waals surface area contributed by atoms with Gasteiger partial charge < -0.3 is 10.6 Å². The smallest absolute Gasteiger partial charge is 0.258 e. The third-order valence-corrected chi connectivity index (χ3v) is 4.11. The summed E-state index contributed by atoms with van der Waals surface area (Å²) in [5, 5.41) is 5.72. The molecular weight excluding hydrogens is 385 g/mol. The highest BCUT2D eigenvalue weighted by atomic mass is 35.5. The fourth-order valence-corrected chi connectivity index (χ4v) is 2.36. The largest absolute Gasteiger partial charge is 0.322 e. The fraction of sp³-hybridized carbons (Fsp3) is 0. The maximum absolute atomic E-state index is 13.6. The van der Waals surface area contributed by atoms with Gasteiger partial charge in [0.05, 0.1) is 27.0 Å². The second-order valence-corrected chi connectivity index (χ2v) is 5.89. The Bertz CT molecular complexity index is 967. The first-order chi connectivity index (χ1) is 12.4. The Labute approximate surface area is 157 Å². The number of carbonyl (C=O) groups excluding carboxylic acids is 1. The molecule has 9 heteroatoms. The summed E-state index contributed by atoms with van der Waals surface area (Å²) in [5.41, 5.74) is 0.514. The van der Waals surface area contributed by atoms with Gasteiger partial charge in [0.25, 0.3) is 5.91 Å². The first kappa shape index (κ1) is 18.0. The number of halogens is 4. The Hall–Kier alpha value is -2.77. The molecule has 0 unspecified atom stereocenters. The van der Waals surface area contributed by atoms with Crippen LogP contribution in [0, 0.1) is 11.6 Å². The van der Waals surface area contributed by atoms with E-state index < -0.39 is 17.5 Å². The number of nitrogens with zero attached hydrogens (tertiary/aromatic N) is 2. The van der Waals surface area contributed by atoms with Crippen molar-refractivity contribution in [3.05, 3.63) is 76.0 Å². The summed E-state index contributed by atoms with van der Waals surface area (Å²) >= 11 is 11.9. The lowest BCUT2D eigenvalue weighted by Crippen LogP contribution is -2.13. The molecule has 0 fully saturated rings. The van der Waals surface area contributed by atoms with Crippen molar-refractivity contribution in [2.24, 2.45) is 0 Å². The number of rotatable bonds is 4. The average Bonchev–Trinajstić information content (AvgIpc) is 2.62. The van der Waals surface area contributed by atoms with Gasteiger partial charge in [-0.05, 0) is 24.3 Å². The Morgan fingerprint density at radius 1 is 1.00 bits per heavy atom. The summed E-state index contributed by atoms with van der Waals surface area (Å²) in [6, 6.07) is 7.89. The lowest BCUT2D eigenvalue weighted by molar-refractivity contribution is 0.102. The van der Waals surface area contributed by atoms with E-state index in [4.69, 9.17) is 23.2 Å². The monoisotopic (exact) mass is 394 g/mol. The van der Waals surface area contributed by atoms with Crippen LogP contribution in [0.25, 0.3) is 0 Å². The van der Waals surface area contributed by atoms with Crippen molar-refractivity contribution in [1.82, 2.24) is 9.97 Å². The molecule has 0 aliphatic heterocycles. The Balaban J connectivity index is 1.72. The Morgan fingerprint density at radius 3 is 2.42 bits per heavy atom. The molecule has 0 atom stereocenters. The van der Waals surface area contributed by atoms with Crippen LogP contribution >= 0.6 is 23.2 Å². The molecule has 0 aliphatic rings. The number of hydrogen-bond acceptors (Lipinski definition) is 4. The van der Waals surface area contributed by atoms with Gasteiger partial charge in [0.2, 0.25) is 5.95 Å². The van der Waals surface area contributed by atoms with Gasteiger partial charge in [-0.2, -0.15) is 0 Å². The van der Waals surface area contributed by atoms with E-state index in [1.54, 1.807) is 18.2 Å². The Morgan fingerprint density at radius 2 is 1.73 bits per heavy atom. The number of benzene rings is 2. The molecule has 2 N–H and O–H groups in total. The quantitative estimate of drug-likeness (QED) is 0.648. The lowest BCUT2D eigenvalue weighted by atomic mass is 10.2. The minimum Gasteiger partial charge on any atom is -0.322 e. The predicted octanol–water partition coefficient (Wildman–Crippen LogP) is 5.06. The van der Waals surface area contributed by atoms with E-state index in [1.165, 1.54) is 18.5 Å². The molecule has 3 rings (SSSR count). The molecule has 0 spiro atoms. The minimum absolute atomic E-state index is 0.00862. The molecule has 2 aromatic carbocycles. The molecule has 0 saturated carbocycles. The summed E-state index contributed by atoms with van der Waals surface area (Å²) < 4.78 is 26.5. The lowest BCUT2D eigenvalue weighted by Gasteiger charge is -2.09. The molecule has 0 radical (unpaired) electrons. The standard InChI is InChI=1S/C17H10Cl2F2N4O/c18-11-2-1-3-14(15(11)19)24-16(26)9-7-22-17(23-8-9)25-13-5-4-10(20)6-12(13)21/h1-8H,(H,24,26)(H,22,23,25). The molecule has 0 saturated heterocycles. The average molecular weight is 395 g/mol. The molecule has 1 aromatic heterocycles. The third-order valence-electron chi connectivity index (χ3n) is 3.29. The van der Waals surface area contributed by atoms with Crippen LogP contribution in [0.1, 0.15) is 10.4 Å². The maximum Gasteiger partial charge on any atom is 0.258 e. The molecular formula is C17H10Cl2F2N4O. The van der Waals surface area contributed by atoms with Crippen molar-refractivity contribution in [2.45, 2.75) is 0 Å². The van der Waals surface area contributed by atoms with Crippen molar-refractivity contribution < 1.29 is 13.6 Å². The molecule has 1 heterocycles. The maximum atomic E-state index is 13.6. The zero-order chi connectivity index (χ0) is 18.7. The zero-order valence-electron chi connectivity index (χ0n) is 12.9. The van der Waals surface area contributed by atoms with Crippen molar-refractivity contribution in [3.8, 4) is 0 Å². The zero-order valence-corrected chi connectivity index (χ0v) is 14.4. The molecule has 26 heavy (non-hydrogen) atoms. The van der Waals surface area contributed by atoms with Crippen molar-refractivity contribution >= 4 is 46.4 Å². The summed E-state index contributed by atoms with van der Waals surface area (Å²) in [6.07, 6.45) is 2.51. The van der Waals surface area contributed by atoms with Crippen molar-refractivity contribution in [1.29, 1.82) is 0 Å². The molecule has 5 nitrogen and oxygen atoms in total. The van der Waals surface area contributed by atoms with Crippen LogP contribution in [-0.2, 0) is 0 Å². The first-order valence-electron chi connectivity index (χ1n) is 7.23. The highest BCUT2D eigenvalue weighted by Crippen LogP contribution is 2.29. The number of carbonyl (C=O) groups is 1.